The first-order valence-electron chi connectivity index (χ1n) is 10.2. The Morgan fingerprint density at radius 2 is 1.63 bits per heavy atom. The largest absolute Gasteiger partial charge is 0.245 e. The van der Waals surface area contributed by atoms with Crippen LogP contribution in [0.2, 0.25) is 0 Å². The summed E-state index contributed by atoms with van der Waals surface area (Å²) in [6.07, 6.45) is 2.82. The fraction of sp³-hybridized carbons (Fsp3) is 0.565. The summed E-state index contributed by atoms with van der Waals surface area (Å²) in [6, 6.07) is 4.43. The van der Waals surface area contributed by atoms with Crippen LogP contribution < -0.4 is 4.57 Å². The molecule has 2 atom stereocenters. The number of halogens is 2. The molecular weight excluding hydrogens is 342 g/mol. The number of alkyl halides is 1. The van der Waals surface area contributed by atoms with Crippen molar-refractivity contribution in [2.24, 2.45) is 0 Å². The molecule has 27 heavy (non-hydrogen) atoms. The second-order valence-electron chi connectivity index (χ2n) is 6.66. The highest BCUT2D eigenvalue weighted by molar-refractivity contribution is 5.66. The molecule has 0 N–H and O–H groups in total. The molecule has 0 aliphatic carbocycles. The normalized spacial score (nSPS) is 22.5. The van der Waals surface area contributed by atoms with Crippen molar-refractivity contribution in [1.82, 2.24) is 4.98 Å². The Hall–Kier alpha value is -1.84. The lowest BCUT2D eigenvalue weighted by Crippen LogP contribution is -2.67. The van der Waals surface area contributed by atoms with Crippen LogP contribution in [0.3, 0.4) is 0 Å². The zero-order valence-corrected chi connectivity index (χ0v) is 18.4. The van der Waals surface area contributed by atoms with Gasteiger partial charge < -0.3 is 0 Å². The molecule has 4 heteroatoms. The van der Waals surface area contributed by atoms with Gasteiger partial charge in [0, 0.05) is 18.9 Å². The number of benzene rings is 1. The van der Waals surface area contributed by atoms with Crippen molar-refractivity contribution in [2.75, 3.05) is 0 Å². The third-order valence-corrected chi connectivity index (χ3v) is 5.47. The monoisotopic (exact) mass is 377 g/mol. The van der Waals surface area contributed by atoms with Gasteiger partial charge in [-0.25, -0.2) is 13.8 Å². The molecular formula is C23H35F2N2+. The van der Waals surface area contributed by atoms with Gasteiger partial charge in [0.05, 0.1) is 5.56 Å². The Labute approximate surface area is 163 Å². The SMILES string of the molecule is CC.CC.CCC1(F)c2cc(F)ccc2-c2c(C)nc(C)c[n+]2[C@]1(C)CC. The average Bonchev–Trinajstić information content (AvgIpc) is 2.69. The van der Waals surface area contributed by atoms with Gasteiger partial charge in [0.2, 0.25) is 11.2 Å². The summed E-state index contributed by atoms with van der Waals surface area (Å²) < 4.78 is 32.2. The number of rotatable bonds is 2. The van der Waals surface area contributed by atoms with E-state index < -0.39 is 17.0 Å². The first-order valence-corrected chi connectivity index (χ1v) is 10.2. The molecule has 150 valence electrons. The number of aromatic nitrogens is 2. The van der Waals surface area contributed by atoms with Crippen molar-refractivity contribution in [2.45, 2.75) is 86.4 Å². The van der Waals surface area contributed by atoms with Crippen LogP contribution in [0.1, 0.15) is 78.3 Å². The summed E-state index contributed by atoms with van der Waals surface area (Å²) >= 11 is 0. The van der Waals surface area contributed by atoms with E-state index in [0.717, 1.165) is 22.6 Å². The van der Waals surface area contributed by atoms with Gasteiger partial charge in [-0.3, -0.25) is 0 Å². The summed E-state index contributed by atoms with van der Waals surface area (Å²) in [5, 5.41) is 0. The second-order valence-corrected chi connectivity index (χ2v) is 6.66. The van der Waals surface area contributed by atoms with Crippen molar-refractivity contribution in [3.8, 4) is 11.3 Å². The molecule has 0 spiro atoms. The average molecular weight is 378 g/mol. The number of fused-ring (bicyclic) bond motifs is 3. The van der Waals surface area contributed by atoms with Crippen LogP contribution in [0.5, 0.6) is 0 Å². The lowest BCUT2D eigenvalue weighted by Gasteiger charge is -2.42. The van der Waals surface area contributed by atoms with Gasteiger partial charge in [0.1, 0.15) is 17.2 Å². The quantitative estimate of drug-likeness (QED) is 0.542. The Morgan fingerprint density at radius 1 is 1.04 bits per heavy atom. The van der Waals surface area contributed by atoms with E-state index in [1.54, 1.807) is 6.07 Å². The number of aryl methyl sites for hydroxylation is 2. The number of hydrogen-bond acceptors (Lipinski definition) is 1. The van der Waals surface area contributed by atoms with E-state index >= 15 is 4.39 Å². The molecule has 0 amide bonds. The van der Waals surface area contributed by atoms with Crippen molar-refractivity contribution in [3.63, 3.8) is 0 Å². The van der Waals surface area contributed by atoms with Crippen molar-refractivity contribution < 1.29 is 13.3 Å². The summed E-state index contributed by atoms with van der Waals surface area (Å²) in [7, 11) is 0. The lowest BCUT2D eigenvalue weighted by molar-refractivity contribution is -0.772. The van der Waals surface area contributed by atoms with E-state index in [2.05, 4.69) is 4.98 Å². The lowest BCUT2D eigenvalue weighted by atomic mass is 9.69. The maximum Gasteiger partial charge on any atom is 0.234 e. The third kappa shape index (κ3) is 3.51. The van der Waals surface area contributed by atoms with Gasteiger partial charge >= 0.3 is 0 Å². The first-order chi connectivity index (χ1) is 12.8. The topological polar surface area (TPSA) is 16.8 Å². The van der Waals surface area contributed by atoms with Crippen LogP contribution in [0, 0.1) is 19.7 Å². The molecule has 1 aliphatic heterocycles. The molecule has 1 aromatic heterocycles. The van der Waals surface area contributed by atoms with Gasteiger partial charge in [0.25, 0.3) is 0 Å². The maximum absolute atomic E-state index is 16.3. The van der Waals surface area contributed by atoms with Crippen molar-refractivity contribution >= 4 is 0 Å². The zero-order valence-electron chi connectivity index (χ0n) is 18.4. The minimum absolute atomic E-state index is 0.292. The molecule has 1 aliphatic rings. The standard InChI is InChI=1S/C19H23F2N2.2C2H6/c1-6-18(5)19(21,7-2)16-10-14(20)8-9-15(16)17-13(4)22-12(3)11-23(17)18;2*1-2/h8-11H,6-7H2,1-5H3;2*1-2H3/q+1;;/t18-,19?;;/m1../s1. The second kappa shape index (κ2) is 8.90. The van der Waals surface area contributed by atoms with E-state index in [-0.39, 0.29) is 0 Å². The van der Waals surface area contributed by atoms with Crippen LogP contribution in [0.4, 0.5) is 8.78 Å². The predicted molar refractivity (Wildman–Crippen MR) is 109 cm³/mol. The van der Waals surface area contributed by atoms with E-state index in [1.807, 2.05) is 73.1 Å². The van der Waals surface area contributed by atoms with Crippen LogP contribution in [0.25, 0.3) is 11.3 Å². The highest BCUT2D eigenvalue weighted by Crippen LogP contribution is 2.51. The van der Waals surface area contributed by atoms with Gasteiger partial charge in [-0.2, -0.15) is 4.57 Å². The van der Waals surface area contributed by atoms with Gasteiger partial charge in [-0.05, 0) is 38.5 Å². The van der Waals surface area contributed by atoms with Crippen molar-refractivity contribution in [3.05, 3.63) is 47.2 Å². The van der Waals surface area contributed by atoms with Crippen LogP contribution in [-0.2, 0) is 11.2 Å². The van der Waals surface area contributed by atoms with E-state index in [0.29, 0.717) is 18.4 Å². The maximum atomic E-state index is 16.3. The predicted octanol–water partition coefficient (Wildman–Crippen LogP) is 6.56. The molecule has 0 saturated carbocycles. The summed E-state index contributed by atoms with van der Waals surface area (Å²) in [5.41, 5.74) is 1.36. The summed E-state index contributed by atoms with van der Waals surface area (Å²) in [5.74, 6) is -0.399. The minimum atomic E-state index is -1.63. The van der Waals surface area contributed by atoms with Crippen LogP contribution in [-0.4, -0.2) is 4.98 Å². The van der Waals surface area contributed by atoms with E-state index in [1.165, 1.54) is 12.1 Å². The summed E-state index contributed by atoms with van der Waals surface area (Å²) in [4.78, 5) is 4.54. The number of hydrogen-bond donors (Lipinski definition) is 0. The molecule has 2 heterocycles. The first kappa shape index (κ1) is 23.2. The minimum Gasteiger partial charge on any atom is -0.245 e. The molecule has 2 nitrogen and oxygen atoms in total. The molecule has 0 radical (unpaired) electrons. The van der Waals surface area contributed by atoms with Crippen LogP contribution >= 0.6 is 0 Å². The Kier molecular flexibility index (Phi) is 7.65. The molecule has 3 rings (SSSR count). The molecule has 0 saturated heterocycles. The third-order valence-electron chi connectivity index (χ3n) is 5.47. The van der Waals surface area contributed by atoms with Crippen molar-refractivity contribution in [1.29, 1.82) is 0 Å². The molecule has 0 fully saturated rings. The Balaban J connectivity index is 0.000000855. The van der Waals surface area contributed by atoms with E-state index in [4.69, 9.17) is 0 Å². The Bertz CT molecular complexity index is 788. The van der Waals surface area contributed by atoms with Gasteiger partial charge in [-0.15, -0.1) is 0 Å². The van der Waals surface area contributed by atoms with E-state index in [9.17, 15) is 4.39 Å². The fourth-order valence-electron chi connectivity index (χ4n) is 4.04. The van der Waals surface area contributed by atoms with Crippen LogP contribution in [0.15, 0.2) is 24.4 Å². The fourth-order valence-corrected chi connectivity index (χ4v) is 4.04. The highest BCUT2D eigenvalue weighted by atomic mass is 19.1. The summed E-state index contributed by atoms with van der Waals surface area (Å²) in [6.45, 7) is 17.6. The van der Waals surface area contributed by atoms with Gasteiger partial charge in [-0.1, -0.05) is 41.5 Å². The number of nitrogens with zero attached hydrogens (tertiary/aromatic N) is 2. The molecule has 1 unspecified atom stereocenters. The van der Waals surface area contributed by atoms with Gasteiger partial charge in [0.15, 0.2) is 11.9 Å². The molecule has 2 aromatic rings. The Morgan fingerprint density at radius 3 is 2.15 bits per heavy atom. The zero-order chi connectivity index (χ0) is 21.0. The highest BCUT2D eigenvalue weighted by Gasteiger charge is 2.60. The smallest absolute Gasteiger partial charge is 0.234 e. The molecule has 1 aromatic carbocycles. The molecule has 0 bridgehead atoms.